The number of nitrogens with two attached hydrogens (primary N) is 1. The first-order chi connectivity index (χ1) is 14.9. The smallest absolute Gasteiger partial charge is 0.282 e. The topological polar surface area (TPSA) is 92.8 Å². The average Bonchev–Trinajstić information content (AvgIpc) is 2.74. The summed E-state index contributed by atoms with van der Waals surface area (Å²) >= 11 is 0. The highest BCUT2D eigenvalue weighted by atomic mass is 16.5. The van der Waals surface area contributed by atoms with E-state index in [1.54, 1.807) is 6.92 Å². The van der Waals surface area contributed by atoms with E-state index in [-0.39, 0.29) is 11.7 Å². The molecule has 1 aromatic carbocycles. The second-order valence-corrected chi connectivity index (χ2v) is 8.89. The number of ether oxygens (including phenoxy) is 1. The summed E-state index contributed by atoms with van der Waals surface area (Å²) in [5.74, 6) is 0.654. The Balaban J connectivity index is 1.59. The van der Waals surface area contributed by atoms with Crippen LogP contribution in [0.4, 0.5) is 5.82 Å². The molecule has 2 fully saturated rings. The number of benzene rings is 1. The molecule has 2 aliphatic rings. The Labute approximate surface area is 184 Å². The van der Waals surface area contributed by atoms with Crippen LogP contribution in [0.3, 0.4) is 0 Å². The zero-order valence-electron chi connectivity index (χ0n) is 18.8. The summed E-state index contributed by atoms with van der Waals surface area (Å²) < 4.78 is 5.47. The number of anilines is 1. The first-order valence-electron chi connectivity index (χ1n) is 11.3. The molecule has 166 valence electrons. The highest BCUT2D eigenvalue weighted by Crippen LogP contribution is 2.29. The number of hydrogen-bond donors (Lipinski definition) is 2. The van der Waals surface area contributed by atoms with Gasteiger partial charge >= 0.3 is 0 Å². The third-order valence-electron chi connectivity index (χ3n) is 6.23. The van der Waals surface area contributed by atoms with E-state index in [4.69, 9.17) is 15.5 Å². The quantitative estimate of drug-likeness (QED) is 0.580. The van der Waals surface area contributed by atoms with Crippen LogP contribution in [0, 0.1) is 13.8 Å². The van der Waals surface area contributed by atoms with Gasteiger partial charge in [0, 0.05) is 43.8 Å². The summed E-state index contributed by atoms with van der Waals surface area (Å²) in [6.45, 7) is 9.17. The van der Waals surface area contributed by atoms with Crippen LogP contribution in [-0.4, -0.2) is 55.1 Å². The lowest BCUT2D eigenvalue weighted by atomic mass is 10.00. The van der Waals surface area contributed by atoms with Gasteiger partial charge in [0.1, 0.15) is 11.7 Å². The molecule has 7 nitrogen and oxygen atoms in total. The standard InChI is InChI=1S/C24H33N5O2/c1-15-12-16(2)22-18(13-15)14-21(24(30)26-17(3)25)23(28-22)29-8-4-19(5-9-29)27-20-6-10-31-11-7-20/h12-14,19-20,27H,4-11H2,1-3H3,(H2,25,26,30). The van der Waals surface area contributed by atoms with Crippen molar-refractivity contribution in [3.8, 4) is 0 Å². The molecule has 3 heterocycles. The van der Waals surface area contributed by atoms with Gasteiger partial charge in [0.15, 0.2) is 0 Å². The number of aromatic nitrogens is 1. The molecule has 1 amide bonds. The minimum atomic E-state index is -0.328. The molecular weight excluding hydrogens is 390 g/mol. The van der Waals surface area contributed by atoms with Crippen LogP contribution in [0.15, 0.2) is 23.2 Å². The Morgan fingerprint density at radius 1 is 1.13 bits per heavy atom. The Morgan fingerprint density at radius 2 is 1.81 bits per heavy atom. The van der Waals surface area contributed by atoms with E-state index >= 15 is 0 Å². The summed E-state index contributed by atoms with van der Waals surface area (Å²) in [7, 11) is 0. The van der Waals surface area contributed by atoms with Crippen molar-refractivity contribution < 1.29 is 9.53 Å². The molecule has 7 heteroatoms. The number of hydrogen-bond acceptors (Lipinski definition) is 5. The molecule has 4 rings (SSSR count). The third kappa shape index (κ3) is 5.05. The number of carbonyl (C=O) groups is 1. The predicted octanol–water partition coefficient (Wildman–Crippen LogP) is 3.11. The lowest BCUT2D eigenvalue weighted by Crippen LogP contribution is -2.48. The van der Waals surface area contributed by atoms with Gasteiger partial charge in [-0.15, -0.1) is 0 Å². The SMILES string of the molecule is CC(N)=NC(=O)c1cc2cc(C)cc(C)c2nc1N1CCC(NC2CCOCC2)CC1. The maximum atomic E-state index is 12.9. The number of carbonyl (C=O) groups excluding carboxylic acids is 1. The van der Waals surface area contributed by atoms with E-state index in [1.165, 1.54) is 0 Å². The van der Waals surface area contributed by atoms with Gasteiger partial charge in [-0.3, -0.25) is 4.79 Å². The minimum Gasteiger partial charge on any atom is -0.387 e. The average molecular weight is 424 g/mol. The van der Waals surface area contributed by atoms with Gasteiger partial charge in [0.25, 0.3) is 5.91 Å². The number of rotatable bonds is 4. The van der Waals surface area contributed by atoms with E-state index < -0.39 is 0 Å². The van der Waals surface area contributed by atoms with Crippen LogP contribution in [0.5, 0.6) is 0 Å². The fourth-order valence-corrected chi connectivity index (χ4v) is 4.72. The maximum Gasteiger partial charge on any atom is 0.282 e. The number of aliphatic imine (C=N–C) groups is 1. The van der Waals surface area contributed by atoms with Crippen molar-refractivity contribution in [1.82, 2.24) is 10.3 Å². The largest absolute Gasteiger partial charge is 0.387 e. The fourth-order valence-electron chi connectivity index (χ4n) is 4.72. The number of amidine groups is 1. The van der Waals surface area contributed by atoms with Crippen molar-refractivity contribution in [3.05, 3.63) is 34.9 Å². The fraction of sp³-hybridized carbons (Fsp3) is 0.542. The maximum absolute atomic E-state index is 12.9. The zero-order chi connectivity index (χ0) is 22.0. The van der Waals surface area contributed by atoms with Crippen molar-refractivity contribution in [1.29, 1.82) is 0 Å². The van der Waals surface area contributed by atoms with Crippen molar-refractivity contribution in [2.75, 3.05) is 31.2 Å². The number of nitrogens with one attached hydrogen (secondary N) is 1. The third-order valence-corrected chi connectivity index (χ3v) is 6.23. The number of fused-ring (bicyclic) bond motifs is 1. The lowest BCUT2D eigenvalue weighted by Gasteiger charge is -2.36. The zero-order valence-corrected chi connectivity index (χ0v) is 18.8. The summed E-state index contributed by atoms with van der Waals surface area (Å²) in [6.07, 6.45) is 4.22. The number of amides is 1. The molecule has 0 unspecified atom stereocenters. The van der Waals surface area contributed by atoms with Crippen molar-refractivity contribution in [3.63, 3.8) is 0 Å². The van der Waals surface area contributed by atoms with Gasteiger partial charge < -0.3 is 20.7 Å². The van der Waals surface area contributed by atoms with Crippen LogP contribution in [0.1, 0.15) is 54.1 Å². The van der Waals surface area contributed by atoms with Gasteiger partial charge in [-0.25, -0.2) is 4.98 Å². The molecule has 0 bridgehead atoms. The highest BCUT2D eigenvalue weighted by molar-refractivity contribution is 6.07. The normalized spacial score (nSPS) is 19.2. The predicted molar refractivity (Wildman–Crippen MR) is 125 cm³/mol. The Morgan fingerprint density at radius 3 is 2.48 bits per heavy atom. The van der Waals surface area contributed by atoms with Crippen LogP contribution in [-0.2, 0) is 4.74 Å². The molecule has 31 heavy (non-hydrogen) atoms. The number of nitrogens with zero attached hydrogens (tertiary/aromatic N) is 3. The number of aryl methyl sites for hydroxylation is 2. The molecule has 0 aliphatic carbocycles. The summed E-state index contributed by atoms with van der Waals surface area (Å²) in [5, 5.41) is 4.77. The van der Waals surface area contributed by atoms with Crippen LogP contribution in [0.25, 0.3) is 10.9 Å². The van der Waals surface area contributed by atoms with Gasteiger partial charge in [-0.1, -0.05) is 11.6 Å². The van der Waals surface area contributed by atoms with Crippen LogP contribution in [0.2, 0.25) is 0 Å². The van der Waals surface area contributed by atoms with E-state index in [9.17, 15) is 4.79 Å². The van der Waals surface area contributed by atoms with Crippen molar-refractivity contribution in [2.24, 2.45) is 10.7 Å². The van der Waals surface area contributed by atoms with Gasteiger partial charge in [-0.05, 0) is 64.2 Å². The highest BCUT2D eigenvalue weighted by Gasteiger charge is 2.27. The monoisotopic (exact) mass is 423 g/mol. The van der Waals surface area contributed by atoms with Crippen LogP contribution < -0.4 is 16.0 Å². The first kappa shape index (κ1) is 21.7. The summed E-state index contributed by atoms with van der Waals surface area (Å²) in [4.78, 5) is 24.1. The van der Waals surface area contributed by atoms with Crippen molar-refractivity contribution >= 4 is 28.5 Å². The number of piperidine rings is 1. The molecule has 2 saturated heterocycles. The molecule has 3 N–H and O–H groups in total. The summed E-state index contributed by atoms with van der Waals surface area (Å²) in [5.41, 5.74) is 9.43. The van der Waals surface area contributed by atoms with Gasteiger partial charge in [0.05, 0.1) is 11.1 Å². The molecule has 0 atom stereocenters. The van der Waals surface area contributed by atoms with Gasteiger partial charge in [0.2, 0.25) is 0 Å². The van der Waals surface area contributed by atoms with Crippen molar-refractivity contribution in [2.45, 2.75) is 58.5 Å². The molecule has 0 radical (unpaired) electrons. The van der Waals surface area contributed by atoms with E-state index in [2.05, 4.69) is 41.2 Å². The Kier molecular flexibility index (Phi) is 6.53. The minimum absolute atomic E-state index is 0.260. The molecule has 0 saturated carbocycles. The molecule has 0 spiro atoms. The first-order valence-corrected chi connectivity index (χ1v) is 11.3. The number of pyridine rings is 1. The second-order valence-electron chi connectivity index (χ2n) is 8.89. The van der Waals surface area contributed by atoms with E-state index in [0.717, 1.165) is 79.8 Å². The summed E-state index contributed by atoms with van der Waals surface area (Å²) in [6, 6.07) is 7.17. The molecule has 2 aromatic rings. The van der Waals surface area contributed by atoms with Gasteiger partial charge in [-0.2, -0.15) is 4.99 Å². The van der Waals surface area contributed by atoms with Crippen LogP contribution >= 0.6 is 0 Å². The second kappa shape index (κ2) is 9.32. The molecular formula is C24H33N5O2. The lowest BCUT2D eigenvalue weighted by molar-refractivity contribution is 0.0738. The van der Waals surface area contributed by atoms with E-state index in [0.29, 0.717) is 17.6 Å². The molecule has 2 aliphatic heterocycles. The molecule has 1 aromatic heterocycles. The Hall–Kier alpha value is -2.51. The Bertz CT molecular complexity index is 985. The van der Waals surface area contributed by atoms with E-state index in [1.807, 2.05) is 6.07 Å².